The zero-order chi connectivity index (χ0) is 13.2. The van der Waals surface area contributed by atoms with E-state index in [4.69, 9.17) is 4.42 Å². The lowest BCUT2D eigenvalue weighted by Crippen LogP contribution is -2.35. The Bertz CT molecular complexity index is 770. The lowest BCUT2D eigenvalue weighted by atomic mass is 9.92. The molecule has 1 aromatic carbocycles. The molecule has 0 atom stereocenters. The molecule has 2 nitrogen and oxygen atoms in total. The highest BCUT2D eigenvalue weighted by Gasteiger charge is 2.23. The predicted molar refractivity (Wildman–Crippen MR) is 73.4 cm³/mol. The summed E-state index contributed by atoms with van der Waals surface area (Å²) in [7, 11) is 0. The molecule has 0 amide bonds. The summed E-state index contributed by atoms with van der Waals surface area (Å²) in [6.45, 7) is 2.71. The maximum atomic E-state index is 12.4. The van der Waals surface area contributed by atoms with Gasteiger partial charge in [-0.3, -0.25) is 4.42 Å². The van der Waals surface area contributed by atoms with Crippen LogP contribution in [0, 0.1) is 0 Å². The van der Waals surface area contributed by atoms with Gasteiger partial charge in [-0.25, -0.2) is 0 Å². The predicted octanol–water partition coefficient (Wildman–Crippen LogP) is 0.486. The summed E-state index contributed by atoms with van der Waals surface area (Å²) in [5.41, 5.74) is 4.75. The molecule has 0 radical (unpaired) electrons. The lowest BCUT2D eigenvalue weighted by Gasteiger charge is -2.19. The first-order valence-corrected chi connectivity index (χ1v) is 6.48. The number of fused-ring (bicyclic) bond motifs is 2. The van der Waals surface area contributed by atoms with E-state index in [1.807, 2.05) is 42.5 Å². The smallest absolute Gasteiger partial charge is 0.358 e. The Morgan fingerprint density at radius 1 is 1.26 bits per heavy atom. The molecule has 2 heteroatoms. The van der Waals surface area contributed by atoms with Crippen molar-refractivity contribution in [1.29, 1.82) is 0 Å². The van der Waals surface area contributed by atoms with Crippen molar-refractivity contribution in [3.8, 4) is 0 Å². The van der Waals surface area contributed by atoms with Crippen molar-refractivity contribution in [3.63, 3.8) is 0 Å². The molecular formula is C17H14O2. The van der Waals surface area contributed by atoms with Gasteiger partial charge in [-0.05, 0) is 16.9 Å². The minimum absolute atomic E-state index is 0.0475. The van der Waals surface area contributed by atoms with Crippen molar-refractivity contribution < 1.29 is 9.53 Å². The summed E-state index contributed by atoms with van der Waals surface area (Å²) in [6.07, 6.45) is 6.52. The Morgan fingerprint density at radius 3 is 2.95 bits per heavy atom. The highest BCUT2D eigenvalue weighted by molar-refractivity contribution is 6.13. The molecule has 3 rings (SSSR count). The minimum Gasteiger partial charge on any atom is -0.872 e. The number of allylic oxidation sites excluding steroid dienone is 3. The summed E-state index contributed by atoms with van der Waals surface area (Å²) in [6, 6.07) is 7.54. The number of ketones is 1. The van der Waals surface area contributed by atoms with Gasteiger partial charge in [-0.15, -0.1) is 0 Å². The SMILES string of the molecule is CCC[O+]=C1C=CC=C2C1=C=c1ccccc1=C2[O-]. The van der Waals surface area contributed by atoms with Crippen molar-refractivity contribution in [2.45, 2.75) is 13.3 Å². The van der Waals surface area contributed by atoms with E-state index in [-0.39, 0.29) is 5.76 Å². The van der Waals surface area contributed by atoms with Gasteiger partial charge >= 0.3 is 5.78 Å². The highest BCUT2D eigenvalue weighted by atomic mass is 16.4. The zero-order valence-electron chi connectivity index (χ0n) is 10.8. The van der Waals surface area contributed by atoms with Gasteiger partial charge in [-0.1, -0.05) is 48.8 Å². The van der Waals surface area contributed by atoms with Crippen molar-refractivity contribution >= 4 is 17.3 Å². The molecule has 0 unspecified atom stereocenters. The van der Waals surface area contributed by atoms with E-state index in [9.17, 15) is 5.11 Å². The van der Waals surface area contributed by atoms with Crippen LogP contribution in [0.1, 0.15) is 13.3 Å². The molecule has 0 saturated heterocycles. The summed E-state index contributed by atoms with van der Waals surface area (Å²) in [5, 5.41) is 14.0. The minimum atomic E-state index is 0.0475. The van der Waals surface area contributed by atoms with Gasteiger partial charge in [0.1, 0.15) is 5.57 Å². The van der Waals surface area contributed by atoms with E-state index in [0.717, 1.165) is 23.0 Å². The maximum Gasteiger partial charge on any atom is 0.358 e. The Labute approximate surface area is 111 Å². The molecule has 0 fully saturated rings. The van der Waals surface area contributed by atoms with E-state index < -0.39 is 0 Å². The van der Waals surface area contributed by atoms with Crippen LogP contribution in [0.15, 0.2) is 53.6 Å². The normalized spacial score (nSPS) is 18.4. The average molecular weight is 250 g/mol. The fourth-order valence-electron chi connectivity index (χ4n) is 2.25. The van der Waals surface area contributed by atoms with Crippen molar-refractivity contribution in [3.05, 3.63) is 64.1 Å². The van der Waals surface area contributed by atoms with Crippen molar-refractivity contribution in [2.24, 2.45) is 0 Å². The molecule has 0 N–H and O–H groups in total. The summed E-state index contributed by atoms with van der Waals surface area (Å²) in [4.78, 5) is 0. The first kappa shape index (κ1) is 11.8. The number of benzene rings is 1. The van der Waals surface area contributed by atoms with Crippen molar-refractivity contribution in [1.82, 2.24) is 0 Å². The van der Waals surface area contributed by atoms with Gasteiger partial charge in [0, 0.05) is 17.7 Å². The molecular weight excluding hydrogens is 236 g/mol. The molecule has 2 aliphatic carbocycles. The standard InChI is InChI=1S/C17H14O2/c1-2-10-19-16-9-5-8-14-15(16)11-12-6-3-4-7-13(12)17(14)18/h3-9H,2,10H2,1H3. The second-order valence-corrected chi connectivity index (χ2v) is 4.53. The van der Waals surface area contributed by atoms with Gasteiger partial charge in [0.15, 0.2) is 0 Å². The first-order valence-electron chi connectivity index (χ1n) is 6.48. The first-order chi connectivity index (χ1) is 9.31. The molecule has 0 spiro atoms. The molecule has 1 aromatic rings. The second kappa shape index (κ2) is 4.75. The van der Waals surface area contributed by atoms with Crippen LogP contribution < -0.4 is 15.5 Å². The van der Waals surface area contributed by atoms with Crippen LogP contribution in [0.4, 0.5) is 0 Å². The average Bonchev–Trinajstić information content (AvgIpc) is 2.46. The fraction of sp³-hybridized carbons (Fsp3) is 0.176. The zero-order valence-corrected chi connectivity index (χ0v) is 10.8. The molecule has 0 bridgehead atoms. The van der Waals surface area contributed by atoms with Gasteiger partial charge in [0.05, 0.1) is 0 Å². The van der Waals surface area contributed by atoms with Gasteiger partial charge in [0.25, 0.3) is 6.61 Å². The Balaban J connectivity index is 2.31. The fourth-order valence-corrected chi connectivity index (χ4v) is 2.25. The summed E-state index contributed by atoms with van der Waals surface area (Å²) in [5.74, 6) is 0.786. The van der Waals surface area contributed by atoms with Gasteiger partial charge in [-0.2, -0.15) is 0 Å². The van der Waals surface area contributed by atoms with Gasteiger partial charge in [0.2, 0.25) is 0 Å². The molecule has 94 valence electrons. The van der Waals surface area contributed by atoms with Crippen LogP contribution >= 0.6 is 0 Å². The van der Waals surface area contributed by atoms with E-state index in [0.29, 0.717) is 17.4 Å². The van der Waals surface area contributed by atoms with Crippen LogP contribution in [0.3, 0.4) is 0 Å². The third-order valence-corrected chi connectivity index (χ3v) is 3.16. The number of hydrogen-bond donors (Lipinski definition) is 0. The van der Waals surface area contributed by atoms with E-state index in [1.54, 1.807) is 0 Å². The molecule has 19 heavy (non-hydrogen) atoms. The molecule has 0 aromatic heterocycles. The van der Waals surface area contributed by atoms with Crippen LogP contribution in [0.5, 0.6) is 0 Å². The van der Waals surface area contributed by atoms with Crippen LogP contribution in [0.25, 0.3) is 11.5 Å². The quantitative estimate of drug-likeness (QED) is 0.703. The lowest BCUT2D eigenvalue weighted by molar-refractivity contribution is -0.455. The number of hydrogen-bond acceptors (Lipinski definition) is 1. The largest absolute Gasteiger partial charge is 0.872 e. The molecule has 0 aliphatic heterocycles. The van der Waals surface area contributed by atoms with E-state index in [1.165, 1.54) is 0 Å². The van der Waals surface area contributed by atoms with Crippen LogP contribution in [0.2, 0.25) is 0 Å². The van der Waals surface area contributed by atoms with Gasteiger partial charge < -0.3 is 5.11 Å². The van der Waals surface area contributed by atoms with E-state index >= 15 is 0 Å². The maximum absolute atomic E-state index is 12.4. The Morgan fingerprint density at radius 2 is 2.11 bits per heavy atom. The summed E-state index contributed by atoms with van der Waals surface area (Å²) < 4.78 is 5.70. The highest BCUT2D eigenvalue weighted by Crippen LogP contribution is 2.21. The Kier molecular flexibility index (Phi) is 2.94. The number of rotatable bonds is 2. The monoisotopic (exact) mass is 250 g/mol. The third kappa shape index (κ3) is 1.96. The topological polar surface area (TPSA) is 34.4 Å². The van der Waals surface area contributed by atoms with Crippen LogP contribution in [-0.2, 0) is 4.42 Å². The molecule has 2 aliphatic rings. The van der Waals surface area contributed by atoms with Crippen molar-refractivity contribution in [2.75, 3.05) is 6.61 Å². The number of carbonyl (C=O) groups excluding carboxylic acids is 1. The molecule has 0 saturated carbocycles. The second-order valence-electron chi connectivity index (χ2n) is 4.53. The Hall–Kier alpha value is -2.31. The van der Waals surface area contributed by atoms with E-state index in [2.05, 4.69) is 12.7 Å². The third-order valence-electron chi connectivity index (χ3n) is 3.16. The van der Waals surface area contributed by atoms with Crippen LogP contribution in [-0.4, -0.2) is 12.4 Å². The molecule has 0 heterocycles. The summed E-state index contributed by atoms with van der Waals surface area (Å²) >= 11 is 0.